The van der Waals surface area contributed by atoms with Crippen LogP contribution in [-0.2, 0) is 16.6 Å². The van der Waals surface area contributed by atoms with Crippen LogP contribution in [0.4, 0.5) is 8.78 Å². The maximum absolute atomic E-state index is 13.2. The highest BCUT2D eigenvalue weighted by atomic mass is 79.9. The third-order valence-electron chi connectivity index (χ3n) is 4.19. The van der Waals surface area contributed by atoms with Gasteiger partial charge in [0.25, 0.3) is 0 Å². The molecule has 1 fully saturated rings. The Labute approximate surface area is 154 Å². The van der Waals surface area contributed by atoms with Gasteiger partial charge in [0.05, 0.1) is 4.90 Å². The Bertz CT molecular complexity index is 851. The van der Waals surface area contributed by atoms with Crippen molar-refractivity contribution in [2.45, 2.75) is 11.4 Å². The zero-order chi connectivity index (χ0) is 18.0. The number of rotatable bonds is 4. The molecule has 2 aromatic rings. The van der Waals surface area contributed by atoms with Gasteiger partial charge in [-0.3, -0.25) is 4.90 Å². The van der Waals surface area contributed by atoms with Crippen LogP contribution in [0.3, 0.4) is 0 Å². The summed E-state index contributed by atoms with van der Waals surface area (Å²) in [6.45, 7) is 2.48. The van der Waals surface area contributed by atoms with Gasteiger partial charge in [0.1, 0.15) is 11.6 Å². The van der Waals surface area contributed by atoms with Crippen LogP contribution in [-0.4, -0.2) is 43.8 Å². The van der Waals surface area contributed by atoms with Gasteiger partial charge in [0, 0.05) is 37.2 Å². The van der Waals surface area contributed by atoms with Gasteiger partial charge in [0.15, 0.2) is 0 Å². The number of sulfonamides is 1. The molecule has 0 unspecified atom stereocenters. The van der Waals surface area contributed by atoms with Crippen LogP contribution in [0.1, 0.15) is 5.56 Å². The summed E-state index contributed by atoms with van der Waals surface area (Å²) < 4.78 is 53.4. The van der Waals surface area contributed by atoms with Gasteiger partial charge < -0.3 is 0 Å². The second kappa shape index (κ2) is 7.49. The van der Waals surface area contributed by atoms with Gasteiger partial charge in [-0.2, -0.15) is 4.31 Å². The summed E-state index contributed by atoms with van der Waals surface area (Å²) >= 11 is 3.35. The zero-order valence-electron chi connectivity index (χ0n) is 13.3. The van der Waals surface area contributed by atoms with Crippen molar-refractivity contribution in [2.24, 2.45) is 0 Å². The molecule has 4 nitrogen and oxygen atoms in total. The summed E-state index contributed by atoms with van der Waals surface area (Å²) in [5.41, 5.74) is 0.955. The van der Waals surface area contributed by atoms with E-state index in [9.17, 15) is 17.2 Å². The second-order valence-electron chi connectivity index (χ2n) is 5.87. The number of nitrogens with zero attached hydrogens (tertiary/aromatic N) is 2. The first kappa shape index (κ1) is 18.4. The summed E-state index contributed by atoms with van der Waals surface area (Å²) in [5.74, 6) is -0.764. The third-order valence-corrected chi connectivity index (χ3v) is 6.84. The van der Waals surface area contributed by atoms with Crippen molar-refractivity contribution < 1.29 is 17.2 Å². The largest absolute Gasteiger partial charge is 0.296 e. The molecule has 1 heterocycles. The third kappa shape index (κ3) is 4.25. The van der Waals surface area contributed by atoms with Crippen molar-refractivity contribution >= 4 is 26.0 Å². The van der Waals surface area contributed by atoms with E-state index in [1.165, 1.54) is 28.6 Å². The molecule has 1 saturated heterocycles. The lowest BCUT2D eigenvalue weighted by Gasteiger charge is -2.34. The van der Waals surface area contributed by atoms with E-state index in [-0.39, 0.29) is 10.7 Å². The predicted molar refractivity (Wildman–Crippen MR) is 94.5 cm³/mol. The monoisotopic (exact) mass is 430 g/mol. The standard InChI is InChI=1S/C17H17BrF2N2O2S/c18-17-11-15(20)2-1-13(17)12-21-7-9-22(10-8-21)25(23,24)16-5-3-14(19)4-6-16/h1-6,11H,7-10,12H2. The minimum absolute atomic E-state index is 0.101. The molecule has 0 atom stereocenters. The number of piperazine rings is 1. The molecule has 0 radical (unpaired) electrons. The van der Waals surface area contributed by atoms with Crippen LogP contribution in [0.15, 0.2) is 51.8 Å². The van der Waals surface area contributed by atoms with E-state index in [4.69, 9.17) is 0 Å². The fourth-order valence-corrected chi connectivity index (χ4v) is 4.67. The molecule has 0 amide bonds. The molecule has 0 N–H and O–H groups in total. The highest BCUT2D eigenvalue weighted by molar-refractivity contribution is 9.10. The molecule has 1 aliphatic heterocycles. The molecular weight excluding hydrogens is 414 g/mol. The Balaban J connectivity index is 1.64. The molecule has 2 aromatic carbocycles. The molecule has 0 saturated carbocycles. The van der Waals surface area contributed by atoms with Crippen molar-refractivity contribution in [1.29, 1.82) is 0 Å². The summed E-state index contributed by atoms with van der Waals surface area (Å²) in [6, 6.07) is 9.42. The van der Waals surface area contributed by atoms with E-state index < -0.39 is 15.8 Å². The lowest BCUT2D eigenvalue weighted by Crippen LogP contribution is -2.48. The number of hydrogen-bond donors (Lipinski definition) is 0. The smallest absolute Gasteiger partial charge is 0.243 e. The van der Waals surface area contributed by atoms with E-state index in [2.05, 4.69) is 20.8 Å². The van der Waals surface area contributed by atoms with E-state index in [1.54, 1.807) is 6.07 Å². The second-order valence-corrected chi connectivity index (χ2v) is 8.66. The number of benzene rings is 2. The normalized spacial score (nSPS) is 16.9. The van der Waals surface area contributed by atoms with Gasteiger partial charge in [0.2, 0.25) is 10.0 Å². The average Bonchev–Trinajstić information content (AvgIpc) is 2.58. The molecule has 0 bridgehead atoms. The Morgan fingerprint density at radius 2 is 1.52 bits per heavy atom. The van der Waals surface area contributed by atoms with Crippen molar-refractivity contribution in [2.75, 3.05) is 26.2 Å². The molecule has 1 aliphatic rings. The fraction of sp³-hybridized carbons (Fsp3) is 0.294. The summed E-state index contributed by atoms with van der Waals surface area (Å²) in [7, 11) is -3.61. The first-order valence-electron chi connectivity index (χ1n) is 7.78. The van der Waals surface area contributed by atoms with Crippen LogP contribution in [0.25, 0.3) is 0 Å². The Morgan fingerprint density at radius 1 is 0.920 bits per heavy atom. The van der Waals surface area contributed by atoms with Gasteiger partial charge in [-0.05, 0) is 42.0 Å². The van der Waals surface area contributed by atoms with Crippen LogP contribution in [0.5, 0.6) is 0 Å². The van der Waals surface area contributed by atoms with E-state index >= 15 is 0 Å². The van der Waals surface area contributed by atoms with Crippen LogP contribution >= 0.6 is 15.9 Å². The van der Waals surface area contributed by atoms with E-state index in [0.29, 0.717) is 37.2 Å². The quantitative estimate of drug-likeness (QED) is 0.747. The first-order chi connectivity index (χ1) is 11.9. The minimum Gasteiger partial charge on any atom is -0.296 e. The minimum atomic E-state index is -3.61. The molecule has 134 valence electrons. The van der Waals surface area contributed by atoms with E-state index in [1.807, 2.05) is 0 Å². The Morgan fingerprint density at radius 3 is 2.12 bits per heavy atom. The van der Waals surface area contributed by atoms with E-state index in [0.717, 1.165) is 17.7 Å². The van der Waals surface area contributed by atoms with Crippen LogP contribution in [0, 0.1) is 11.6 Å². The highest BCUT2D eigenvalue weighted by Crippen LogP contribution is 2.22. The zero-order valence-corrected chi connectivity index (χ0v) is 15.7. The molecule has 0 spiro atoms. The maximum atomic E-state index is 13.2. The average molecular weight is 431 g/mol. The van der Waals surface area contributed by atoms with Gasteiger partial charge in [-0.1, -0.05) is 22.0 Å². The highest BCUT2D eigenvalue weighted by Gasteiger charge is 2.28. The maximum Gasteiger partial charge on any atom is 0.243 e. The summed E-state index contributed by atoms with van der Waals surface area (Å²) in [6.07, 6.45) is 0. The summed E-state index contributed by atoms with van der Waals surface area (Å²) in [5, 5.41) is 0. The Hall–Kier alpha value is -1.35. The Kier molecular flexibility index (Phi) is 5.52. The molecule has 25 heavy (non-hydrogen) atoms. The predicted octanol–water partition coefficient (Wildman–Crippen LogP) is 3.23. The lowest BCUT2D eigenvalue weighted by molar-refractivity contribution is 0.181. The van der Waals surface area contributed by atoms with Crippen molar-refractivity contribution in [3.05, 3.63) is 64.1 Å². The van der Waals surface area contributed by atoms with Crippen LogP contribution in [0.2, 0.25) is 0 Å². The molecule has 0 aliphatic carbocycles. The van der Waals surface area contributed by atoms with Gasteiger partial charge in [-0.15, -0.1) is 0 Å². The lowest BCUT2D eigenvalue weighted by atomic mass is 10.2. The molecule has 8 heteroatoms. The SMILES string of the molecule is O=S(=O)(c1ccc(F)cc1)N1CCN(Cc2ccc(F)cc2Br)CC1. The van der Waals surface area contributed by atoms with Gasteiger partial charge >= 0.3 is 0 Å². The topological polar surface area (TPSA) is 40.6 Å². The van der Waals surface area contributed by atoms with Crippen molar-refractivity contribution in [3.63, 3.8) is 0 Å². The van der Waals surface area contributed by atoms with Crippen molar-refractivity contribution in [1.82, 2.24) is 9.21 Å². The number of halogens is 3. The first-order valence-corrected chi connectivity index (χ1v) is 10.0. The fourth-order valence-electron chi connectivity index (χ4n) is 2.77. The van der Waals surface area contributed by atoms with Crippen molar-refractivity contribution in [3.8, 4) is 0 Å². The van der Waals surface area contributed by atoms with Crippen LogP contribution < -0.4 is 0 Å². The summed E-state index contributed by atoms with van der Waals surface area (Å²) in [4.78, 5) is 2.22. The molecular formula is C17H17BrF2N2O2S. The van der Waals surface area contributed by atoms with Gasteiger partial charge in [-0.25, -0.2) is 17.2 Å². The molecule has 0 aromatic heterocycles. The number of hydrogen-bond acceptors (Lipinski definition) is 3. The molecule has 3 rings (SSSR count).